The van der Waals surface area contributed by atoms with Crippen LogP contribution in [0.4, 0.5) is 11.4 Å². The fraction of sp³-hybridized carbons (Fsp3) is 0.222. The van der Waals surface area contributed by atoms with E-state index in [0.717, 1.165) is 24.2 Å². The molecule has 0 saturated carbocycles. The Morgan fingerprint density at radius 1 is 1.16 bits per heavy atom. The molecule has 1 aromatic heterocycles. The van der Waals surface area contributed by atoms with Crippen LogP contribution in [-0.4, -0.2) is 39.2 Å². The van der Waals surface area contributed by atoms with Crippen molar-refractivity contribution in [2.45, 2.75) is 6.42 Å². The van der Waals surface area contributed by atoms with Gasteiger partial charge in [-0.05, 0) is 40.6 Å². The lowest BCUT2D eigenvalue weighted by atomic mass is 10.1. The largest absolute Gasteiger partial charge is 0.362 e. The molecule has 2 aromatic carbocycles. The number of carbonyl (C=O) groups excluding carboxylic acids is 1. The van der Waals surface area contributed by atoms with Gasteiger partial charge in [-0.3, -0.25) is 4.79 Å². The van der Waals surface area contributed by atoms with E-state index in [0.29, 0.717) is 18.1 Å². The minimum Gasteiger partial charge on any atom is -0.362 e. The lowest BCUT2D eigenvalue weighted by Gasteiger charge is -2.19. The fourth-order valence-corrected chi connectivity index (χ4v) is 3.18. The van der Waals surface area contributed by atoms with Gasteiger partial charge < -0.3 is 10.2 Å². The molecular weight excluding hydrogens is 316 g/mol. The van der Waals surface area contributed by atoms with Gasteiger partial charge in [-0.2, -0.15) is 0 Å². The van der Waals surface area contributed by atoms with Gasteiger partial charge in [0, 0.05) is 24.8 Å². The first-order valence-electron chi connectivity index (χ1n) is 8.17. The van der Waals surface area contributed by atoms with Crippen LogP contribution in [0.1, 0.15) is 5.56 Å². The predicted molar refractivity (Wildman–Crippen MR) is 95.2 cm³/mol. The first kappa shape index (κ1) is 15.3. The summed E-state index contributed by atoms with van der Waals surface area (Å²) in [7, 11) is 1.77. The number of aromatic nitrogens is 4. The molecule has 126 valence electrons. The monoisotopic (exact) mass is 334 g/mol. The Bertz CT molecular complexity index is 919. The standard InChI is InChI=1S/C18H18N6O/c1-23-18(20-21-22-23)14-7-3-4-8-15(14)19-17(25)12-24-11-10-13-6-2-5-9-16(13)24/h2-9H,10-12H2,1H3,(H,19,25). The molecule has 0 bridgehead atoms. The number of amides is 1. The summed E-state index contributed by atoms with van der Waals surface area (Å²) in [5, 5.41) is 14.5. The molecule has 0 atom stereocenters. The van der Waals surface area contributed by atoms with Crippen LogP contribution in [-0.2, 0) is 18.3 Å². The van der Waals surface area contributed by atoms with E-state index in [2.05, 4.69) is 37.9 Å². The lowest BCUT2D eigenvalue weighted by Crippen LogP contribution is -2.32. The summed E-state index contributed by atoms with van der Waals surface area (Å²) in [6.07, 6.45) is 0.977. The molecule has 1 aliphatic heterocycles. The molecule has 0 fully saturated rings. The molecule has 1 N–H and O–H groups in total. The maximum Gasteiger partial charge on any atom is 0.243 e. The number of carbonyl (C=O) groups is 1. The first-order chi connectivity index (χ1) is 12.2. The van der Waals surface area contributed by atoms with Gasteiger partial charge in [-0.15, -0.1) is 5.10 Å². The second kappa shape index (κ2) is 6.35. The summed E-state index contributed by atoms with van der Waals surface area (Å²) in [4.78, 5) is 14.7. The zero-order valence-electron chi connectivity index (χ0n) is 13.9. The van der Waals surface area contributed by atoms with Crippen molar-refractivity contribution in [1.29, 1.82) is 0 Å². The second-order valence-corrected chi connectivity index (χ2v) is 6.02. The molecule has 4 rings (SSSR count). The molecule has 0 spiro atoms. The highest BCUT2D eigenvalue weighted by atomic mass is 16.2. The maximum atomic E-state index is 12.6. The Kier molecular flexibility index (Phi) is 3.89. The number of aryl methyl sites for hydroxylation is 1. The van der Waals surface area contributed by atoms with E-state index in [4.69, 9.17) is 0 Å². The number of rotatable bonds is 4. The van der Waals surface area contributed by atoms with Crippen LogP contribution in [0.25, 0.3) is 11.4 Å². The van der Waals surface area contributed by atoms with E-state index in [-0.39, 0.29) is 5.91 Å². The third-order valence-electron chi connectivity index (χ3n) is 4.38. The van der Waals surface area contributed by atoms with E-state index in [9.17, 15) is 4.79 Å². The molecular formula is C18H18N6O. The van der Waals surface area contributed by atoms with Crippen molar-refractivity contribution >= 4 is 17.3 Å². The fourth-order valence-electron chi connectivity index (χ4n) is 3.18. The van der Waals surface area contributed by atoms with Crippen LogP contribution in [0.5, 0.6) is 0 Å². The molecule has 0 radical (unpaired) electrons. The Morgan fingerprint density at radius 3 is 2.80 bits per heavy atom. The van der Waals surface area contributed by atoms with E-state index < -0.39 is 0 Å². The number of anilines is 2. The normalized spacial score (nSPS) is 12.9. The summed E-state index contributed by atoms with van der Waals surface area (Å²) in [6.45, 7) is 1.18. The minimum absolute atomic E-state index is 0.0562. The molecule has 0 unspecified atom stereocenters. The molecule has 7 heteroatoms. The van der Waals surface area contributed by atoms with Gasteiger partial charge >= 0.3 is 0 Å². The van der Waals surface area contributed by atoms with Crippen LogP contribution < -0.4 is 10.2 Å². The minimum atomic E-state index is -0.0562. The highest BCUT2D eigenvalue weighted by molar-refractivity contribution is 5.97. The number of fused-ring (bicyclic) bond motifs is 1. The molecule has 2 heterocycles. The van der Waals surface area contributed by atoms with Crippen molar-refractivity contribution in [3.8, 4) is 11.4 Å². The van der Waals surface area contributed by atoms with E-state index in [1.54, 1.807) is 11.7 Å². The summed E-state index contributed by atoms with van der Waals surface area (Å²) >= 11 is 0. The van der Waals surface area contributed by atoms with Gasteiger partial charge in [0.15, 0.2) is 5.82 Å². The summed E-state index contributed by atoms with van der Waals surface area (Å²) in [5.41, 5.74) is 3.94. The smallest absolute Gasteiger partial charge is 0.243 e. The highest BCUT2D eigenvalue weighted by Crippen LogP contribution is 2.28. The summed E-state index contributed by atoms with van der Waals surface area (Å²) in [6, 6.07) is 15.8. The topological polar surface area (TPSA) is 75.9 Å². The molecule has 25 heavy (non-hydrogen) atoms. The van der Waals surface area contributed by atoms with Crippen LogP contribution in [0.3, 0.4) is 0 Å². The Labute approximate surface area is 145 Å². The lowest BCUT2D eigenvalue weighted by molar-refractivity contribution is -0.115. The molecule has 1 aliphatic rings. The van der Waals surface area contributed by atoms with Gasteiger partial charge in [0.05, 0.1) is 12.2 Å². The van der Waals surface area contributed by atoms with Crippen molar-refractivity contribution in [2.24, 2.45) is 7.05 Å². The zero-order valence-corrected chi connectivity index (χ0v) is 13.9. The SMILES string of the molecule is Cn1nnnc1-c1ccccc1NC(=O)CN1CCc2ccccc21. The van der Waals surface area contributed by atoms with Crippen molar-refractivity contribution in [2.75, 3.05) is 23.3 Å². The number of para-hydroxylation sites is 2. The van der Waals surface area contributed by atoms with Crippen LogP contribution in [0, 0.1) is 0 Å². The Balaban J connectivity index is 1.52. The van der Waals surface area contributed by atoms with E-state index in [1.165, 1.54) is 5.56 Å². The van der Waals surface area contributed by atoms with Crippen LogP contribution >= 0.6 is 0 Å². The number of nitrogens with zero attached hydrogens (tertiary/aromatic N) is 5. The average Bonchev–Trinajstić information content (AvgIpc) is 3.22. The number of nitrogens with one attached hydrogen (secondary N) is 1. The van der Waals surface area contributed by atoms with Gasteiger partial charge in [0.2, 0.25) is 5.91 Å². The summed E-state index contributed by atoms with van der Waals surface area (Å²) in [5.74, 6) is 0.557. The van der Waals surface area contributed by atoms with Gasteiger partial charge in [0.1, 0.15) is 0 Å². The molecule has 0 aliphatic carbocycles. The van der Waals surface area contributed by atoms with Crippen LogP contribution in [0.15, 0.2) is 48.5 Å². The Hall–Kier alpha value is -3.22. The third-order valence-corrected chi connectivity index (χ3v) is 4.38. The number of benzene rings is 2. The van der Waals surface area contributed by atoms with Crippen molar-refractivity contribution in [1.82, 2.24) is 20.2 Å². The number of tetrazole rings is 1. The molecule has 7 nitrogen and oxygen atoms in total. The van der Waals surface area contributed by atoms with E-state index in [1.807, 2.05) is 36.4 Å². The molecule has 0 saturated heterocycles. The van der Waals surface area contributed by atoms with Crippen LogP contribution in [0.2, 0.25) is 0 Å². The summed E-state index contributed by atoms with van der Waals surface area (Å²) < 4.78 is 1.59. The first-order valence-corrected chi connectivity index (χ1v) is 8.17. The van der Waals surface area contributed by atoms with Crippen molar-refractivity contribution < 1.29 is 4.79 Å². The van der Waals surface area contributed by atoms with Gasteiger partial charge in [-0.25, -0.2) is 4.68 Å². The predicted octanol–water partition coefficient (Wildman–Crippen LogP) is 1.88. The number of hydrogen-bond donors (Lipinski definition) is 1. The van der Waals surface area contributed by atoms with Gasteiger partial charge in [-0.1, -0.05) is 30.3 Å². The van der Waals surface area contributed by atoms with Gasteiger partial charge in [0.25, 0.3) is 0 Å². The average molecular weight is 334 g/mol. The van der Waals surface area contributed by atoms with Crippen molar-refractivity contribution in [3.05, 3.63) is 54.1 Å². The quantitative estimate of drug-likeness (QED) is 0.788. The van der Waals surface area contributed by atoms with E-state index >= 15 is 0 Å². The highest BCUT2D eigenvalue weighted by Gasteiger charge is 2.21. The molecule has 1 amide bonds. The Morgan fingerprint density at radius 2 is 1.96 bits per heavy atom. The zero-order chi connectivity index (χ0) is 17.2. The van der Waals surface area contributed by atoms with Crippen molar-refractivity contribution in [3.63, 3.8) is 0 Å². The second-order valence-electron chi connectivity index (χ2n) is 6.02. The molecule has 3 aromatic rings. The third kappa shape index (κ3) is 2.96. The maximum absolute atomic E-state index is 12.6. The number of hydrogen-bond acceptors (Lipinski definition) is 5.